The summed E-state index contributed by atoms with van der Waals surface area (Å²) in [4.78, 5) is 4.35. The van der Waals surface area contributed by atoms with Gasteiger partial charge in [-0.15, -0.1) is 0 Å². The predicted octanol–water partition coefficient (Wildman–Crippen LogP) is 3.18. The number of oxazole rings is 1. The summed E-state index contributed by atoms with van der Waals surface area (Å²) in [5.74, 6) is 2.16. The molecular weight excluding hydrogens is 224 g/mol. The normalized spacial score (nSPS) is 12.6. The quantitative estimate of drug-likeness (QED) is 0.877. The average Bonchev–Trinajstić information content (AvgIpc) is 2.69. The summed E-state index contributed by atoms with van der Waals surface area (Å²) in [5.41, 5.74) is 2.33. The van der Waals surface area contributed by atoms with Gasteiger partial charge in [-0.1, -0.05) is 37.3 Å². The Bertz CT molecular complexity index is 471. The van der Waals surface area contributed by atoms with Crippen molar-refractivity contribution in [1.29, 1.82) is 0 Å². The molecule has 3 heteroatoms. The number of aromatic nitrogens is 1. The van der Waals surface area contributed by atoms with E-state index in [0.29, 0.717) is 12.5 Å². The van der Waals surface area contributed by atoms with E-state index in [4.69, 9.17) is 4.42 Å². The lowest BCUT2D eigenvalue weighted by Gasteiger charge is -2.11. The van der Waals surface area contributed by atoms with Gasteiger partial charge in [0.05, 0.1) is 12.2 Å². The van der Waals surface area contributed by atoms with E-state index in [1.165, 1.54) is 5.56 Å². The fourth-order valence-corrected chi connectivity index (χ4v) is 1.91. The first kappa shape index (κ1) is 12.8. The predicted molar refractivity (Wildman–Crippen MR) is 72.5 cm³/mol. The summed E-state index contributed by atoms with van der Waals surface area (Å²) in [6.45, 7) is 7.73. The highest BCUT2D eigenvalue weighted by Gasteiger charge is 2.07. The van der Waals surface area contributed by atoms with Crippen molar-refractivity contribution in [2.45, 2.75) is 33.2 Å². The largest absolute Gasteiger partial charge is 0.444 e. The minimum atomic E-state index is 0.489. The molecule has 0 saturated heterocycles. The van der Waals surface area contributed by atoms with E-state index < -0.39 is 0 Å². The maximum atomic E-state index is 5.53. The number of hydrogen-bond donors (Lipinski definition) is 1. The van der Waals surface area contributed by atoms with Crippen LogP contribution in [-0.4, -0.2) is 11.5 Å². The van der Waals surface area contributed by atoms with Crippen molar-refractivity contribution in [3.8, 4) is 0 Å². The Kier molecular flexibility index (Phi) is 4.15. The summed E-state index contributed by atoms with van der Waals surface area (Å²) in [7, 11) is 0. The third kappa shape index (κ3) is 3.20. The van der Waals surface area contributed by atoms with E-state index in [0.717, 1.165) is 23.9 Å². The van der Waals surface area contributed by atoms with E-state index >= 15 is 0 Å². The summed E-state index contributed by atoms with van der Waals surface area (Å²) < 4.78 is 5.53. The van der Waals surface area contributed by atoms with Crippen LogP contribution in [0.5, 0.6) is 0 Å². The van der Waals surface area contributed by atoms with E-state index in [1.54, 1.807) is 0 Å². The molecule has 1 aromatic heterocycles. The highest BCUT2D eigenvalue weighted by atomic mass is 16.4. The molecule has 0 aliphatic rings. The smallest absolute Gasteiger partial charge is 0.208 e. The molecule has 2 rings (SSSR count). The van der Waals surface area contributed by atoms with Gasteiger partial charge < -0.3 is 9.73 Å². The molecule has 1 unspecified atom stereocenters. The van der Waals surface area contributed by atoms with E-state index in [-0.39, 0.29) is 0 Å². The zero-order chi connectivity index (χ0) is 13.0. The van der Waals surface area contributed by atoms with Gasteiger partial charge in [0.1, 0.15) is 5.76 Å². The summed E-state index contributed by atoms with van der Waals surface area (Å²) >= 11 is 0. The van der Waals surface area contributed by atoms with Crippen molar-refractivity contribution in [3.05, 3.63) is 53.2 Å². The van der Waals surface area contributed by atoms with Gasteiger partial charge in [0.25, 0.3) is 0 Å². The number of hydrogen-bond acceptors (Lipinski definition) is 3. The number of benzene rings is 1. The van der Waals surface area contributed by atoms with Crippen molar-refractivity contribution < 1.29 is 4.42 Å². The Morgan fingerprint density at radius 3 is 2.56 bits per heavy atom. The highest BCUT2D eigenvalue weighted by Crippen LogP contribution is 2.13. The second-order valence-corrected chi connectivity index (χ2v) is 4.69. The lowest BCUT2D eigenvalue weighted by molar-refractivity contribution is 0.444. The average molecular weight is 244 g/mol. The third-order valence-corrected chi connectivity index (χ3v) is 3.17. The molecule has 18 heavy (non-hydrogen) atoms. The van der Waals surface area contributed by atoms with Crippen molar-refractivity contribution in [2.75, 3.05) is 6.54 Å². The third-order valence-electron chi connectivity index (χ3n) is 3.17. The van der Waals surface area contributed by atoms with Crippen LogP contribution < -0.4 is 5.32 Å². The minimum Gasteiger partial charge on any atom is -0.444 e. The van der Waals surface area contributed by atoms with Crippen LogP contribution in [0.3, 0.4) is 0 Å². The van der Waals surface area contributed by atoms with Crippen LogP contribution in [-0.2, 0) is 6.54 Å². The monoisotopic (exact) mass is 244 g/mol. The molecule has 0 saturated carbocycles. The molecule has 0 radical (unpaired) electrons. The molecular formula is C15H20N2O. The van der Waals surface area contributed by atoms with Crippen LogP contribution in [0.15, 0.2) is 34.7 Å². The number of aryl methyl sites for hydroxylation is 2. The van der Waals surface area contributed by atoms with Crippen molar-refractivity contribution in [1.82, 2.24) is 10.3 Å². The van der Waals surface area contributed by atoms with Gasteiger partial charge >= 0.3 is 0 Å². The molecule has 96 valence electrons. The van der Waals surface area contributed by atoms with Gasteiger partial charge in [-0.05, 0) is 25.3 Å². The van der Waals surface area contributed by atoms with E-state index in [2.05, 4.69) is 41.5 Å². The van der Waals surface area contributed by atoms with Crippen molar-refractivity contribution >= 4 is 0 Å². The maximum absolute atomic E-state index is 5.53. The fraction of sp³-hybridized carbons (Fsp3) is 0.400. The van der Waals surface area contributed by atoms with Crippen LogP contribution in [0.25, 0.3) is 0 Å². The molecule has 1 N–H and O–H groups in total. The summed E-state index contributed by atoms with van der Waals surface area (Å²) in [5, 5.41) is 3.38. The first-order valence-corrected chi connectivity index (χ1v) is 6.35. The van der Waals surface area contributed by atoms with Crippen LogP contribution in [0.1, 0.15) is 35.7 Å². The second kappa shape index (κ2) is 5.83. The molecule has 0 fully saturated rings. The van der Waals surface area contributed by atoms with Crippen molar-refractivity contribution in [2.24, 2.45) is 0 Å². The minimum absolute atomic E-state index is 0.489. The second-order valence-electron chi connectivity index (χ2n) is 4.69. The van der Waals surface area contributed by atoms with Gasteiger partial charge in [0, 0.05) is 6.54 Å². The molecule has 0 spiro atoms. The van der Waals surface area contributed by atoms with Crippen LogP contribution in [0.4, 0.5) is 0 Å². The molecule has 1 heterocycles. The standard InChI is InChI=1S/C15H20N2O/c1-11(14-7-5-4-6-8-14)9-16-10-15-17-12(2)13(3)18-15/h4-8,11,16H,9-10H2,1-3H3. The lowest BCUT2D eigenvalue weighted by atomic mass is 10.0. The number of nitrogens with zero attached hydrogens (tertiary/aromatic N) is 1. The Morgan fingerprint density at radius 2 is 1.94 bits per heavy atom. The highest BCUT2D eigenvalue weighted by molar-refractivity contribution is 5.19. The van der Waals surface area contributed by atoms with Crippen LogP contribution in [0.2, 0.25) is 0 Å². The maximum Gasteiger partial charge on any atom is 0.208 e. The molecule has 0 amide bonds. The Labute approximate surface area is 108 Å². The summed E-state index contributed by atoms with van der Waals surface area (Å²) in [6.07, 6.45) is 0. The Morgan fingerprint density at radius 1 is 1.22 bits per heavy atom. The SMILES string of the molecule is Cc1nc(CNCC(C)c2ccccc2)oc1C. The Balaban J connectivity index is 1.82. The summed E-state index contributed by atoms with van der Waals surface area (Å²) in [6, 6.07) is 10.5. The molecule has 0 aliphatic heterocycles. The topological polar surface area (TPSA) is 38.1 Å². The van der Waals surface area contributed by atoms with E-state index in [1.807, 2.05) is 19.9 Å². The number of rotatable bonds is 5. The molecule has 0 aliphatic carbocycles. The van der Waals surface area contributed by atoms with Gasteiger partial charge in [0.15, 0.2) is 0 Å². The lowest BCUT2D eigenvalue weighted by Crippen LogP contribution is -2.19. The molecule has 0 bridgehead atoms. The molecule has 1 atom stereocenters. The molecule has 1 aromatic carbocycles. The van der Waals surface area contributed by atoms with Crippen molar-refractivity contribution in [3.63, 3.8) is 0 Å². The van der Waals surface area contributed by atoms with Gasteiger partial charge in [0.2, 0.25) is 5.89 Å². The zero-order valence-electron chi connectivity index (χ0n) is 11.2. The van der Waals surface area contributed by atoms with Gasteiger partial charge in [-0.3, -0.25) is 0 Å². The molecule has 3 nitrogen and oxygen atoms in total. The number of nitrogens with one attached hydrogen (secondary N) is 1. The first-order valence-electron chi connectivity index (χ1n) is 6.35. The Hall–Kier alpha value is -1.61. The first-order chi connectivity index (χ1) is 8.66. The zero-order valence-corrected chi connectivity index (χ0v) is 11.2. The molecule has 2 aromatic rings. The van der Waals surface area contributed by atoms with E-state index in [9.17, 15) is 0 Å². The van der Waals surface area contributed by atoms with Crippen LogP contribution in [0, 0.1) is 13.8 Å². The van der Waals surface area contributed by atoms with Gasteiger partial charge in [-0.2, -0.15) is 0 Å². The fourth-order valence-electron chi connectivity index (χ4n) is 1.91. The van der Waals surface area contributed by atoms with Crippen LogP contribution >= 0.6 is 0 Å². The van der Waals surface area contributed by atoms with Gasteiger partial charge in [-0.25, -0.2) is 4.98 Å².